The molecule has 3 aromatic rings. The molecule has 1 aliphatic rings. The number of hydrogen-bond acceptors (Lipinski definition) is 4. The van der Waals surface area contributed by atoms with Gasteiger partial charge in [-0.25, -0.2) is 4.39 Å². The van der Waals surface area contributed by atoms with Gasteiger partial charge in [-0.3, -0.25) is 4.79 Å². The van der Waals surface area contributed by atoms with Crippen LogP contribution >= 0.6 is 0 Å². The highest BCUT2D eigenvalue weighted by atomic mass is 19.1. The molecule has 0 bridgehead atoms. The van der Waals surface area contributed by atoms with E-state index in [0.29, 0.717) is 22.6 Å². The molecule has 28 heavy (non-hydrogen) atoms. The number of hydrogen-bond donors (Lipinski definition) is 0. The predicted octanol–water partition coefficient (Wildman–Crippen LogP) is 5.03. The van der Waals surface area contributed by atoms with E-state index in [-0.39, 0.29) is 24.0 Å². The molecule has 0 unspecified atom stereocenters. The topological polar surface area (TPSA) is 44.8 Å². The average molecular weight is 376 g/mol. The second-order valence-electron chi connectivity index (χ2n) is 6.25. The van der Waals surface area contributed by atoms with Crippen molar-refractivity contribution >= 4 is 11.9 Å². The van der Waals surface area contributed by atoms with Gasteiger partial charge in [0.05, 0.1) is 12.7 Å². The summed E-state index contributed by atoms with van der Waals surface area (Å²) in [6, 6.07) is 18.7. The standard InChI is InChI=1S/C23H17FO4/c1-26-17-8-6-15(7-9-17)12-22-23(25)19-11-10-18(13-21(19)28-22)27-14-16-4-2-3-5-20(16)24/h2-13H,14H2,1H3. The number of carbonyl (C=O) groups is 1. The van der Waals surface area contributed by atoms with Crippen molar-refractivity contribution in [2.75, 3.05) is 7.11 Å². The summed E-state index contributed by atoms with van der Waals surface area (Å²) in [6.07, 6.45) is 1.68. The molecular formula is C23H17FO4. The second-order valence-corrected chi connectivity index (χ2v) is 6.25. The van der Waals surface area contributed by atoms with Gasteiger partial charge in [-0.05, 0) is 42.0 Å². The molecular weight excluding hydrogens is 359 g/mol. The van der Waals surface area contributed by atoms with E-state index in [2.05, 4.69) is 0 Å². The van der Waals surface area contributed by atoms with E-state index in [9.17, 15) is 9.18 Å². The van der Waals surface area contributed by atoms with Crippen LogP contribution < -0.4 is 14.2 Å². The van der Waals surface area contributed by atoms with Crippen molar-refractivity contribution in [3.8, 4) is 17.2 Å². The van der Waals surface area contributed by atoms with Gasteiger partial charge in [-0.15, -0.1) is 0 Å². The third kappa shape index (κ3) is 3.60. The molecule has 5 heteroatoms. The van der Waals surface area contributed by atoms with Crippen LogP contribution in [0.4, 0.5) is 4.39 Å². The number of benzene rings is 3. The Labute approximate surface area is 161 Å². The first-order valence-corrected chi connectivity index (χ1v) is 8.72. The number of Topliss-reactive ketones (excluding diaryl/α,β-unsaturated/α-hetero) is 1. The molecule has 0 saturated heterocycles. The van der Waals surface area contributed by atoms with Crippen LogP contribution in [0.1, 0.15) is 21.5 Å². The average Bonchev–Trinajstić information content (AvgIpc) is 3.03. The van der Waals surface area contributed by atoms with Crippen molar-refractivity contribution in [3.05, 3.63) is 95.0 Å². The van der Waals surface area contributed by atoms with E-state index in [4.69, 9.17) is 14.2 Å². The Balaban J connectivity index is 1.50. The Kier molecular flexibility index (Phi) is 4.81. The van der Waals surface area contributed by atoms with Crippen molar-refractivity contribution in [3.63, 3.8) is 0 Å². The first-order valence-electron chi connectivity index (χ1n) is 8.72. The van der Waals surface area contributed by atoms with Crippen molar-refractivity contribution in [1.29, 1.82) is 0 Å². The first kappa shape index (κ1) is 17.8. The van der Waals surface area contributed by atoms with Gasteiger partial charge in [0.2, 0.25) is 5.78 Å². The molecule has 0 spiro atoms. The molecule has 0 aromatic heterocycles. The van der Waals surface area contributed by atoms with Crippen LogP contribution in [0.3, 0.4) is 0 Å². The van der Waals surface area contributed by atoms with Gasteiger partial charge in [0.25, 0.3) is 0 Å². The van der Waals surface area contributed by atoms with E-state index >= 15 is 0 Å². The lowest BCUT2D eigenvalue weighted by molar-refractivity contribution is 0.101. The van der Waals surface area contributed by atoms with Gasteiger partial charge < -0.3 is 14.2 Å². The monoisotopic (exact) mass is 376 g/mol. The molecule has 140 valence electrons. The minimum atomic E-state index is -0.320. The van der Waals surface area contributed by atoms with Gasteiger partial charge in [0, 0.05) is 11.6 Å². The lowest BCUT2D eigenvalue weighted by atomic mass is 10.1. The maximum absolute atomic E-state index is 13.7. The van der Waals surface area contributed by atoms with Crippen molar-refractivity contribution < 1.29 is 23.4 Å². The summed E-state index contributed by atoms with van der Waals surface area (Å²) >= 11 is 0. The third-order valence-corrected chi connectivity index (χ3v) is 4.41. The Morgan fingerprint density at radius 2 is 1.75 bits per heavy atom. The first-order chi connectivity index (χ1) is 13.6. The molecule has 4 nitrogen and oxygen atoms in total. The van der Waals surface area contributed by atoms with E-state index in [1.54, 1.807) is 49.6 Å². The highest BCUT2D eigenvalue weighted by molar-refractivity contribution is 6.14. The van der Waals surface area contributed by atoms with Crippen LogP contribution in [0.15, 0.2) is 72.5 Å². The molecule has 4 rings (SSSR count). The van der Waals surface area contributed by atoms with Crippen LogP contribution in [0.25, 0.3) is 6.08 Å². The van der Waals surface area contributed by atoms with Crippen molar-refractivity contribution in [2.45, 2.75) is 6.61 Å². The maximum Gasteiger partial charge on any atom is 0.231 e. The lowest BCUT2D eigenvalue weighted by Gasteiger charge is -2.08. The second kappa shape index (κ2) is 7.56. The quantitative estimate of drug-likeness (QED) is 0.586. The van der Waals surface area contributed by atoms with Gasteiger partial charge in [-0.1, -0.05) is 30.3 Å². The van der Waals surface area contributed by atoms with Crippen LogP contribution in [-0.4, -0.2) is 12.9 Å². The van der Waals surface area contributed by atoms with E-state index in [1.807, 2.05) is 24.3 Å². The molecule has 0 atom stereocenters. The summed E-state index contributed by atoms with van der Waals surface area (Å²) in [5.41, 5.74) is 1.76. The van der Waals surface area contributed by atoms with Gasteiger partial charge in [-0.2, -0.15) is 0 Å². The smallest absolute Gasteiger partial charge is 0.231 e. The van der Waals surface area contributed by atoms with E-state index in [1.165, 1.54) is 6.07 Å². The molecule has 1 heterocycles. The van der Waals surface area contributed by atoms with E-state index in [0.717, 1.165) is 11.3 Å². The summed E-state index contributed by atoms with van der Waals surface area (Å²) in [4.78, 5) is 12.6. The Bertz CT molecular complexity index is 1050. The zero-order valence-corrected chi connectivity index (χ0v) is 15.1. The third-order valence-electron chi connectivity index (χ3n) is 4.41. The van der Waals surface area contributed by atoms with Gasteiger partial charge in [0.1, 0.15) is 29.7 Å². The zero-order chi connectivity index (χ0) is 19.5. The molecule has 0 aliphatic carbocycles. The fourth-order valence-corrected chi connectivity index (χ4v) is 2.89. The Morgan fingerprint density at radius 3 is 2.50 bits per heavy atom. The van der Waals surface area contributed by atoms with Crippen LogP contribution in [0.2, 0.25) is 0 Å². The highest BCUT2D eigenvalue weighted by Gasteiger charge is 2.27. The number of rotatable bonds is 5. The number of methoxy groups -OCH3 is 1. The molecule has 0 amide bonds. The summed E-state index contributed by atoms with van der Waals surface area (Å²) in [7, 11) is 1.60. The number of ketones is 1. The molecule has 1 aliphatic heterocycles. The molecule has 0 radical (unpaired) electrons. The van der Waals surface area contributed by atoms with Gasteiger partial charge in [0.15, 0.2) is 5.76 Å². The number of ether oxygens (including phenoxy) is 3. The van der Waals surface area contributed by atoms with E-state index < -0.39 is 0 Å². The minimum absolute atomic E-state index is 0.0912. The fourth-order valence-electron chi connectivity index (χ4n) is 2.89. The number of halogens is 1. The lowest BCUT2D eigenvalue weighted by Crippen LogP contribution is -1.98. The minimum Gasteiger partial charge on any atom is -0.497 e. The van der Waals surface area contributed by atoms with Crippen LogP contribution in [-0.2, 0) is 6.61 Å². The molecule has 0 fully saturated rings. The fraction of sp³-hybridized carbons (Fsp3) is 0.0870. The van der Waals surface area contributed by atoms with Crippen LogP contribution in [0, 0.1) is 5.82 Å². The zero-order valence-electron chi connectivity index (χ0n) is 15.1. The maximum atomic E-state index is 13.7. The van der Waals surface area contributed by atoms with Crippen molar-refractivity contribution in [2.24, 2.45) is 0 Å². The van der Waals surface area contributed by atoms with Gasteiger partial charge >= 0.3 is 0 Å². The summed E-state index contributed by atoms with van der Waals surface area (Å²) in [6.45, 7) is 0.0912. The number of fused-ring (bicyclic) bond motifs is 1. The predicted molar refractivity (Wildman–Crippen MR) is 103 cm³/mol. The number of carbonyl (C=O) groups excluding carboxylic acids is 1. The SMILES string of the molecule is COc1ccc(C=C2Oc3cc(OCc4ccccc4F)ccc3C2=O)cc1. The molecule has 0 saturated carbocycles. The summed E-state index contributed by atoms with van der Waals surface area (Å²) in [5.74, 6) is 1.40. The number of allylic oxidation sites excluding steroid dienone is 1. The van der Waals surface area contributed by atoms with Crippen molar-refractivity contribution in [1.82, 2.24) is 0 Å². The highest BCUT2D eigenvalue weighted by Crippen LogP contribution is 2.35. The summed E-state index contributed by atoms with van der Waals surface area (Å²) in [5, 5.41) is 0. The molecule has 3 aromatic carbocycles. The normalized spacial score (nSPS) is 13.9. The Morgan fingerprint density at radius 1 is 1.00 bits per heavy atom. The summed E-state index contributed by atoms with van der Waals surface area (Å²) < 4.78 is 30.2. The van der Waals surface area contributed by atoms with Crippen LogP contribution in [0.5, 0.6) is 17.2 Å². The Hall–Kier alpha value is -3.60. The molecule has 0 N–H and O–H groups in total. The largest absolute Gasteiger partial charge is 0.497 e.